The van der Waals surface area contributed by atoms with E-state index in [1.54, 1.807) is 6.92 Å². The minimum atomic E-state index is -1.07. The van der Waals surface area contributed by atoms with Crippen molar-refractivity contribution in [2.75, 3.05) is 0 Å². The second-order valence-electron chi connectivity index (χ2n) is 4.67. The lowest BCUT2D eigenvalue weighted by Gasteiger charge is -2.26. The van der Waals surface area contributed by atoms with Crippen LogP contribution in [0.3, 0.4) is 0 Å². The molecule has 0 radical (unpaired) electrons. The van der Waals surface area contributed by atoms with Crippen LogP contribution in [0.4, 0.5) is 0 Å². The molecule has 1 unspecified atom stereocenters. The van der Waals surface area contributed by atoms with E-state index in [9.17, 15) is 14.7 Å². The molecule has 100 valence electrons. The Kier molecular flexibility index (Phi) is 7.59. The number of carbonyl (C=O) groups is 2. The summed E-state index contributed by atoms with van der Waals surface area (Å²) in [6, 6.07) is 0. The number of unbranched alkanes of at least 4 members (excludes halogenated alkanes) is 4. The van der Waals surface area contributed by atoms with Crippen molar-refractivity contribution in [2.24, 2.45) is 5.41 Å². The minimum Gasteiger partial charge on any atom is -0.481 e. The molecule has 0 fully saturated rings. The van der Waals surface area contributed by atoms with Crippen molar-refractivity contribution in [3.05, 3.63) is 0 Å². The Morgan fingerprint density at radius 3 is 2.00 bits per heavy atom. The lowest BCUT2D eigenvalue weighted by molar-refractivity contribution is -0.156. The molecule has 0 saturated heterocycles. The molecule has 2 N–H and O–H groups in total. The smallest absolute Gasteiger partial charge is 0.310 e. The molecule has 0 rings (SSSR count). The molecular formula is C13H24O4. The highest BCUT2D eigenvalue weighted by Crippen LogP contribution is 2.33. The van der Waals surface area contributed by atoms with Crippen molar-refractivity contribution >= 4 is 11.9 Å². The van der Waals surface area contributed by atoms with E-state index < -0.39 is 17.4 Å². The van der Waals surface area contributed by atoms with E-state index in [-0.39, 0.29) is 6.42 Å². The van der Waals surface area contributed by atoms with E-state index in [0.717, 1.165) is 32.1 Å². The third kappa shape index (κ3) is 5.71. The fourth-order valence-electron chi connectivity index (χ4n) is 2.08. The van der Waals surface area contributed by atoms with Crippen LogP contribution in [-0.2, 0) is 9.59 Å². The van der Waals surface area contributed by atoms with Gasteiger partial charge in [-0.15, -0.1) is 0 Å². The zero-order valence-electron chi connectivity index (χ0n) is 10.9. The summed E-state index contributed by atoms with van der Waals surface area (Å²) in [5.74, 6) is -2.00. The van der Waals surface area contributed by atoms with Gasteiger partial charge in [0.25, 0.3) is 0 Å². The monoisotopic (exact) mass is 244 g/mol. The first kappa shape index (κ1) is 15.9. The summed E-state index contributed by atoms with van der Waals surface area (Å²) >= 11 is 0. The molecule has 4 nitrogen and oxygen atoms in total. The maximum Gasteiger partial charge on any atom is 0.310 e. The third-order valence-electron chi connectivity index (χ3n) is 3.38. The number of hydrogen-bond acceptors (Lipinski definition) is 2. The maximum absolute atomic E-state index is 11.2. The summed E-state index contributed by atoms with van der Waals surface area (Å²) in [7, 11) is 0. The normalized spacial score (nSPS) is 14.2. The summed E-state index contributed by atoms with van der Waals surface area (Å²) in [6.07, 6.45) is 5.76. The average molecular weight is 244 g/mol. The molecule has 0 saturated carbocycles. The molecule has 0 spiro atoms. The predicted molar refractivity (Wildman–Crippen MR) is 66.0 cm³/mol. The lowest BCUT2D eigenvalue weighted by atomic mass is 9.77. The minimum absolute atomic E-state index is 0.271. The van der Waals surface area contributed by atoms with Gasteiger partial charge < -0.3 is 10.2 Å². The van der Waals surface area contributed by atoms with E-state index in [1.807, 2.05) is 0 Å². The van der Waals surface area contributed by atoms with Crippen LogP contribution in [0, 0.1) is 5.41 Å². The molecule has 17 heavy (non-hydrogen) atoms. The first-order valence-electron chi connectivity index (χ1n) is 6.43. The molecule has 0 aromatic rings. The molecule has 4 heteroatoms. The first-order valence-corrected chi connectivity index (χ1v) is 6.43. The Hall–Kier alpha value is -1.06. The second kappa shape index (κ2) is 8.09. The summed E-state index contributed by atoms with van der Waals surface area (Å²) in [5.41, 5.74) is -1.07. The fourth-order valence-corrected chi connectivity index (χ4v) is 2.08. The Labute approximate surface area is 103 Å². The van der Waals surface area contributed by atoms with E-state index in [1.165, 1.54) is 0 Å². The average Bonchev–Trinajstić information content (AvgIpc) is 2.26. The molecular weight excluding hydrogens is 220 g/mol. The molecule has 1 atom stereocenters. The topological polar surface area (TPSA) is 74.6 Å². The molecule has 0 aromatic carbocycles. The van der Waals surface area contributed by atoms with Crippen molar-refractivity contribution in [2.45, 2.75) is 65.2 Å². The van der Waals surface area contributed by atoms with Gasteiger partial charge in [-0.2, -0.15) is 0 Å². The van der Waals surface area contributed by atoms with Crippen molar-refractivity contribution in [3.8, 4) is 0 Å². The summed E-state index contributed by atoms with van der Waals surface area (Å²) in [6.45, 7) is 3.88. The fraction of sp³-hybridized carbons (Fsp3) is 0.846. The Morgan fingerprint density at radius 1 is 1.00 bits per heavy atom. The van der Waals surface area contributed by atoms with Crippen LogP contribution < -0.4 is 0 Å². The van der Waals surface area contributed by atoms with Crippen molar-refractivity contribution in [3.63, 3.8) is 0 Å². The van der Waals surface area contributed by atoms with Gasteiger partial charge in [0.05, 0.1) is 11.8 Å². The molecule has 0 aromatic heterocycles. The zero-order valence-corrected chi connectivity index (χ0v) is 10.9. The number of rotatable bonds is 10. The van der Waals surface area contributed by atoms with Crippen LogP contribution in [0.2, 0.25) is 0 Å². The Balaban J connectivity index is 4.28. The van der Waals surface area contributed by atoms with E-state index >= 15 is 0 Å². The van der Waals surface area contributed by atoms with Crippen LogP contribution in [0.15, 0.2) is 0 Å². The molecule has 0 aliphatic rings. The number of hydrogen-bond donors (Lipinski definition) is 2. The van der Waals surface area contributed by atoms with Crippen LogP contribution in [-0.4, -0.2) is 22.2 Å². The highest BCUT2D eigenvalue weighted by atomic mass is 16.4. The van der Waals surface area contributed by atoms with Gasteiger partial charge >= 0.3 is 11.9 Å². The van der Waals surface area contributed by atoms with Crippen molar-refractivity contribution < 1.29 is 19.8 Å². The maximum atomic E-state index is 11.2. The van der Waals surface area contributed by atoms with Gasteiger partial charge in [-0.3, -0.25) is 9.59 Å². The van der Waals surface area contributed by atoms with Crippen LogP contribution in [0.25, 0.3) is 0 Å². The highest BCUT2D eigenvalue weighted by molar-refractivity contribution is 5.81. The largest absolute Gasteiger partial charge is 0.481 e. The summed E-state index contributed by atoms with van der Waals surface area (Å²) < 4.78 is 0. The van der Waals surface area contributed by atoms with E-state index in [2.05, 4.69) is 6.92 Å². The predicted octanol–water partition coefficient (Wildman–Crippen LogP) is 3.30. The van der Waals surface area contributed by atoms with Gasteiger partial charge in [-0.25, -0.2) is 0 Å². The van der Waals surface area contributed by atoms with Gasteiger partial charge in [0, 0.05) is 0 Å². The number of carboxylic acids is 2. The van der Waals surface area contributed by atoms with Gasteiger partial charge in [0.2, 0.25) is 0 Å². The molecule has 0 heterocycles. The summed E-state index contributed by atoms with van der Waals surface area (Å²) in [5, 5.41) is 18.0. The van der Waals surface area contributed by atoms with Crippen LogP contribution in [0.5, 0.6) is 0 Å². The van der Waals surface area contributed by atoms with E-state index in [4.69, 9.17) is 5.11 Å². The molecule has 0 bridgehead atoms. The number of carboxylic acid groups (broad SMARTS) is 2. The first-order chi connectivity index (χ1) is 7.98. The SMILES string of the molecule is CCCCCCCC(CC)(CC(=O)O)C(=O)O. The molecule has 0 aliphatic heterocycles. The second-order valence-corrected chi connectivity index (χ2v) is 4.67. The quantitative estimate of drug-likeness (QED) is 0.578. The zero-order chi connectivity index (χ0) is 13.3. The van der Waals surface area contributed by atoms with Crippen LogP contribution >= 0.6 is 0 Å². The summed E-state index contributed by atoms with van der Waals surface area (Å²) in [4.78, 5) is 22.0. The Bertz CT molecular complexity index is 250. The van der Waals surface area contributed by atoms with Crippen molar-refractivity contribution in [1.82, 2.24) is 0 Å². The molecule has 0 aliphatic carbocycles. The van der Waals surface area contributed by atoms with Crippen molar-refractivity contribution in [1.29, 1.82) is 0 Å². The van der Waals surface area contributed by atoms with Gasteiger partial charge in [-0.05, 0) is 12.8 Å². The standard InChI is InChI=1S/C13H24O4/c1-3-5-6-7-8-9-13(4-2,12(16)17)10-11(14)15/h3-10H2,1-2H3,(H,14,15)(H,16,17). The van der Waals surface area contributed by atoms with Gasteiger partial charge in [0.1, 0.15) is 0 Å². The lowest BCUT2D eigenvalue weighted by Crippen LogP contribution is -2.33. The third-order valence-corrected chi connectivity index (χ3v) is 3.38. The number of aliphatic carboxylic acids is 2. The van der Waals surface area contributed by atoms with Gasteiger partial charge in [0.15, 0.2) is 0 Å². The van der Waals surface area contributed by atoms with E-state index in [0.29, 0.717) is 12.8 Å². The van der Waals surface area contributed by atoms with Gasteiger partial charge in [-0.1, -0.05) is 46.0 Å². The highest BCUT2D eigenvalue weighted by Gasteiger charge is 2.38. The Morgan fingerprint density at radius 2 is 1.59 bits per heavy atom. The molecule has 0 amide bonds. The van der Waals surface area contributed by atoms with Crippen LogP contribution in [0.1, 0.15) is 65.2 Å².